The summed E-state index contributed by atoms with van der Waals surface area (Å²) in [5.41, 5.74) is 1.22. The molecule has 0 aliphatic carbocycles. The Balaban J connectivity index is 2.33. The second kappa shape index (κ2) is 4.13. The lowest BCUT2D eigenvalue weighted by molar-refractivity contribution is 0.504. The van der Waals surface area contributed by atoms with Gasteiger partial charge in [0, 0.05) is 17.3 Å². The van der Waals surface area contributed by atoms with Gasteiger partial charge in [-0.15, -0.1) is 0 Å². The Morgan fingerprint density at radius 2 is 2.21 bits per heavy atom. The zero-order valence-corrected chi connectivity index (χ0v) is 9.74. The van der Waals surface area contributed by atoms with Gasteiger partial charge in [0.1, 0.15) is 0 Å². The van der Waals surface area contributed by atoms with Crippen molar-refractivity contribution in [2.75, 3.05) is 5.33 Å². The minimum absolute atomic E-state index is 0.610. The summed E-state index contributed by atoms with van der Waals surface area (Å²) in [6, 6.07) is 8.31. The van der Waals surface area contributed by atoms with Gasteiger partial charge in [0.2, 0.25) is 0 Å². The van der Waals surface area contributed by atoms with Crippen molar-refractivity contribution in [1.29, 1.82) is 0 Å². The van der Waals surface area contributed by atoms with Crippen LogP contribution in [0.25, 0.3) is 10.9 Å². The van der Waals surface area contributed by atoms with Crippen LogP contribution in [-0.4, -0.2) is 15.1 Å². The Bertz CT molecular complexity index is 422. The highest BCUT2D eigenvalue weighted by Crippen LogP contribution is 2.14. The minimum Gasteiger partial charge on any atom is -0.265 e. The number of para-hydroxylation sites is 1. The minimum atomic E-state index is 0.610. The zero-order valence-electron chi connectivity index (χ0n) is 8.15. The van der Waals surface area contributed by atoms with Crippen LogP contribution in [0, 0.1) is 5.92 Å². The number of rotatable bonds is 3. The highest BCUT2D eigenvalue weighted by molar-refractivity contribution is 9.09. The number of hydrogen-bond donors (Lipinski definition) is 0. The maximum Gasteiger partial charge on any atom is 0.0682 e. The monoisotopic (exact) mass is 252 g/mol. The predicted molar refractivity (Wildman–Crippen MR) is 62.7 cm³/mol. The van der Waals surface area contributed by atoms with E-state index >= 15 is 0 Å². The van der Waals surface area contributed by atoms with Gasteiger partial charge in [0.15, 0.2) is 0 Å². The fraction of sp³-hybridized carbons (Fsp3) is 0.364. The van der Waals surface area contributed by atoms with Crippen LogP contribution in [-0.2, 0) is 6.54 Å². The first-order chi connectivity index (χ1) is 6.81. The van der Waals surface area contributed by atoms with Crippen LogP contribution < -0.4 is 0 Å². The molecule has 0 aliphatic rings. The number of hydrogen-bond acceptors (Lipinski definition) is 1. The molecule has 0 radical (unpaired) electrons. The van der Waals surface area contributed by atoms with E-state index in [1.54, 1.807) is 0 Å². The van der Waals surface area contributed by atoms with E-state index in [2.05, 4.69) is 50.8 Å². The van der Waals surface area contributed by atoms with E-state index in [9.17, 15) is 0 Å². The predicted octanol–water partition coefficient (Wildman–Crippen LogP) is 3.07. The summed E-state index contributed by atoms with van der Waals surface area (Å²) in [5, 5.41) is 6.61. The molecule has 0 aliphatic heterocycles. The topological polar surface area (TPSA) is 17.8 Å². The maximum atomic E-state index is 4.38. The van der Waals surface area contributed by atoms with Gasteiger partial charge < -0.3 is 0 Å². The summed E-state index contributed by atoms with van der Waals surface area (Å²) in [6.07, 6.45) is 1.93. The first-order valence-electron chi connectivity index (χ1n) is 4.78. The lowest BCUT2D eigenvalue weighted by Gasteiger charge is -2.08. The van der Waals surface area contributed by atoms with Gasteiger partial charge in [-0.2, -0.15) is 5.10 Å². The van der Waals surface area contributed by atoms with Crippen molar-refractivity contribution in [3.63, 3.8) is 0 Å². The zero-order chi connectivity index (χ0) is 9.97. The van der Waals surface area contributed by atoms with Crippen molar-refractivity contribution in [3.8, 4) is 0 Å². The molecule has 0 saturated carbocycles. The molecule has 0 fully saturated rings. The van der Waals surface area contributed by atoms with Crippen molar-refractivity contribution in [2.45, 2.75) is 13.5 Å². The van der Waals surface area contributed by atoms with Crippen LogP contribution in [0.15, 0.2) is 30.5 Å². The van der Waals surface area contributed by atoms with E-state index in [1.165, 1.54) is 10.9 Å². The van der Waals surface area contributed by atoms with Crippen molar-refractivity contribution < 1.29 is 0 Å². The number of nitrogens with zero attached hydrogens (tertiary/aromatic N) is 2. The quantitative estimate of drug-likeness (QED) is 0.768. The van der Waals surface area contributed by atoms with E-state index in [1.807, 2.05) is 12.3 Å². The van der Waals surface area contributed by atoms with Crippen LogP contribution in [0.4, 0.5) is 0 Å². The number of halogens is 1. The van der Waals surface area contributed by atoms with Gasteiger partial charge in [0.25, 0.3) is 0 Å². The second-order valence-corrected chi connectivity index (χ2v) is 4.29. The molecule has 1 aromatic heterocycles. The van der Waals surface area contributed by atoms with E-state index < -0.39 is 0 Å². The molecule has 14 heavy (non-hydrogen) atoms. The fourth-order valence-corrected chi connectivity index (χ4v) is 1.72. The van der Waals surface area contributed by atoms with Gasteiger partial charge >= 0.3 is 0 Å². The summed E-state index contributed by atoms with van der Waals surface area (Å²) >= 11 is 3.48. The highest BCUT2D eigenvalue weighted by atomic mass is 79.9. The Hall–Kier alpha value is -0.830. The first kappa shape index (κ1) is 9.71. The lowest BCUT2D eigenvalue weighted by Crippen LogP contribution is -2.09. The maximum absolute atomic E-state index is 4.38. The van der Waals surface area contributed by atoms with E-state index in [0.29, 0.717) is 5.92 Å². The summed E-state index contributed by atoms with van der Waals surface area (Å²) in [5.74, 6) is 0.610. The SMILES string of the molecule is C[C@H](CBr)Cn1ncc2ccccc21. The number of aromatic nitrogens is 2. The molecule has 0 N–H and O–H groups in total. The van der Waals surface area contributed by atoms with E-state index in [-0.39, 0.29) is 0 Å². The molecule has 2 nitrogen and oxygen atoms in total. The normalized spacial score (nSPS) is 13.3. The summed E-state index contributed by atoms with van der Waals surface area (Å²) in [4.78, 5) is 0. The molecule has 3 heteroatoms. The summed E-state index contributed by atoms with van der Waals surface area (Å²) in [6.45, 7) is 3.18. The Morgan fingerprint density at radius 3 is 3.00 bits per heavy atom. The molecular weight excluding hydrogens is 240 g/mol. The number of benzene rings is 1. The molecule has 0 bridgehead atoms. The van der Waals surface area contributed by atoms with Crippen LogP contribution in [0.3, 0.4) is 0 Å². The number of fused-ring (bicyclic) bond motifs is 1. The van der Waals surface area contributed by atoms with Crippen LogP contribution in [0.2, 0.25) is 0 Å². The molecule has 1 atom stereocenters. The smallest absolute Gasteiger partial charge is 0.0682 e. The van der Waals surface area contributed by atoms with Crippen molar-refractivity contribution in [1.82, 2.24) is 9.78 Å². The van der Waals surface area contributed by atoms with Gasteiger partial charge in [-0.1, -0.05) is 41.1 Å². The Kier molecular flexibility index (Phi) is 2.87. The standard InChI is InChI=1S/C11H13BrN2/c1-9(6-12)8-14-11-5-3-2-4-10(11)7-13-14/h2-5,7,9H,6,8H2,1H3/t9-/m1/s1. The molecule has 0 unspecified atom stereocenters. The molecule has 0 amide bonds. The second-order valence-electron chi connectivity index (χ2n) is 3.64. The third kappa shape index (κ3) is 1.82. The van der Waals surface area contributed by atoms with Crippen molar-refractivity contribution in [2.24, 2.45) is 5.92 Å². The highest BCUT2D eigenvalue weighted by Gasteiger charge is 2.05. The third-order valence-electron chi connectivity index (χ3n) is 2.30. The summed E-state index contributed by atoms with van der Waals surface area (Å²) in [7, 11) is 0. The summed E-state index contributed by atoms with van der Waals surface area (Å²) < 4.78 is 2.07. The molecule has 2 aromatic rings. The number of alkyl halides is 1. The average molecular weight is 253 g/mol. The van der Waals surface area contributed by atoms with Crippen LogP contribution in [0.1, 0.15) is 6.92 Å². The average Bonchev–Trinajstić information content (AvgIpc) is 2.62. The molecule has 1 aromatic carbocycles. The molecule has 74 valence electrons. The van der Waals surface area contributed by atoms with Crippen LogP contribution >= 0.6 is 15.9 Å². The molecule has 1 heterocycles. The molecule has 2 rings (SSSR count). The van der Waals surface area contributed by atoms with E-state index in [4.69, 9.17) is 0 Å². The Labute approximate surface area is 92.0 Å². The van der Waals surface area contributed by atoms with Crippen molar-refractivity contribution >= 4 is 26.8 Å². The van der Waals surface area contributed by atoms with Gasteiger partial charge in [0.05, 0.1) is 11.7 Å². The molecular formula is C11H13BrN2. The van der Waals surface area contributed by atoms with Crippen LogP contribution in [0.5, 0.6) is 0 Å². The van der Waals surface area contributed by atoms with Gasteiger partial charge in [-0.05, 0) is 12.0 Å². The fourth-order valence-electron chi connectivity index (χ4n) is 1.52. The molecule has 0 spiro atoms. The molecule has 0 saturated heterocycles. The largest absolute Gasteiger partial charge is 0.265 e. The van der Waals surface area contributed by atoms with Gasteiger partial charge in [-0.3, -0.25) is 4.68 Å². The van der Waals surface area contributed by atoms with E-state index in [0.717, 1.165) is 11.9 Å². The van der Waals surface area contributed by atoms with Gasteiger partial charge in [-0.25, -0.2) is 0 Å². The first-order valence-corrected chi connectivity index (χ1v) is 5.90. The third-order valence-corrected chi connectivity index (χ3v) is 3.40. The lowest BCUT2D eigenvalue weighted by atomic mass is 10.2. The Morgan fingerprint density at radius 1 is 1.43 bits per heavy atom. The van der Waals surface area contributed by atoms with Crippen molar-refractivity contribution in [3.05, 3.63) is 30.5 Å².